The summed E-state index contributed by atoms with van der Waals surface area (Å²) < 4.78 is 6.62. The van der Waals surface area contributed by atoms with Crippen LogP contribution in [0.25, 0.3) is 0 Å². The van der Waals surface area contributed by atoms with Crippen molar-refractivity contribution in [3.8, 4) is 5.75 Å². The fraction of sp³-hybridized carbons (Fsp3) is 0.417. The summed E-state index contributed by atoms with van der Waals surface area (Å²) in [6, 6.07) is 5.40. The van der Waals surface area contributed by atoms with Gasteiger partial charge in [-0.15, -0.1) is 0 Å². The maximum absolute atomic E-state index is 11.3. The highest BCUT2D eigenvalue weighted by atomic mass is 79.9. The Labute approximate surface area is 108 Å². The summed E-state index contributed by atoms with van der Waals surface area (Å²) in [6.45, 7) is 0. The van der Waals surface area contributed by atoms with Gasteiger partial charge >= 0.3 is 0 Å². The van der Waals surface area contributed by atoms with Gasteiger partial charge in [0, 0.05) is 17.9 Å². The topological polar surface area (TPSA) is 26.3 Å². The third-order valence-electron chi connectivity index (χ3n) is 2.62. The summed E-state index contributed by atoms with van der Waals surface area (Å²) >= 11 is 9.24. The highest BCUT2D eigenvalue weighted by molar-refractivity contribution is 9.10. The highest BCUT2D eigenvalue weighted by Crippen LogP contribution is 2.30. The van der Waals surface area contributed by atoms with Crippen LogP contribution in [-0.4, -0.2) is 11.9 Å². The van der Waals surface area contributed by atoms with E-state index in [1.807, 2.05) is 6.07 Å². The number of carbonyl (C=O) groups excluding carboxylic acids is 1. The average Bonchev–Trinajstić information content (AvgIpc) is 2.22. The molecule has 1 fully saturated rings. The van der Waals surface area contributed by atoms with Crippen LogP contribution in [-0.2, 0) is 4.79 Å². The molecular formula is C12H12BrClO2. The number of carbonyl (C=O) groups is 1. The lowest BCUT2D eigenvalue weighted by Gasteiger charge is -2.22. The predicted octanol–water partition coefficient (Wildman–Crippen LogP) is 3.99. The largest absolute Gasteiger partial charge is 0.489 e. The third-order valence-corrected chi connectivity index (χ3v) is 3.48. The van der Waals surface area contributed by atoms with E-state index in [2.05, 4.69) is 15.9 Å². The number of hydrogen-bond acceptors (Lipinski definition) is 2. The summed E-state index contributed by atoms with van der Waals surface area (Å²) in [5.74, 6) is 1.05. The number of Topliss-reactive ketones (excluding diaryl/α,β-unsaturated/α-hetero) is 1. The minimum absolute atomic E-state index is 0.0127. The molecule has 1 aliphatic carbocycles. The lowest BCUT2D eigenvalue weighted by Crippen LogP contribution is -2.25. The molecule has 0 radical (unpaired) electrons. The number of benzene rings is 1. The van der Waals surface area contributed by atoms with E-state index in [0.717, 1.165) is 23.1 Å². The van der Waals surface area contributed by atoms with E-state index in [1.54, 1.807) is 12.1 Å². The van der Waals surface area contributed by atoms with E-state index in [1.165, 1.54) is 0 Å². The zero-order chi connectivity index (χ0) is 11.5. The number of ketones is 1. The van der Waals surface area contributed by atoms with Crippen LogP contribution in [0.15, 0.2) is 22.7 Å². The van der Waals surface area contributed by atoms with Crippen molar-refractivity contribution in [1.29, 1.82) is 0 Å². The molecule has 2 rings (SSSR count). The van der Waals surface area contributed by atoms with E-state index < -0.39 is 0 Å². The first-order chi connectivity index (χ1) is 7.65. The molecule has 0 amide bonds. The van der Waals surface area contributed by atoms with Crippen LogP contribution in [0.5, 0.6) is 5.75 Å². The first-order valence-corrected chi connectivity index (χ1v) is 6.45. The van der Waals surface area contributed by atoms with Gasteiger partial charge in [0.25, 0.3) is 0 Å². The normalized spacial score (nSPS) is 20.9. The van der Waals surface area contributed by atoms with Crippen molar-refractivity contribution < 1.29 is 9.53 Å². The average molecular weight is 304 g/mol. The minimum Gasteiger partial charge on any atom is -0.489 e. The molecule has 0 spiro atoms. The SMILES string of the molecule is O=C1CCCC(Oc2ccc(Cl)cc2Br)C1. The molecule has 0 bridgehead atoms. The smallest absolute Gasteiger partial charge is 0.136 e. The van der Waals surface area contributed by atoms with Gasteiger partial charge in [0.1, 0.15) is 17.6 Å². The van der Waals surface area contributed by atoms with Crippen LogP contribution >= 0.6 is 27.5 Å². The summed E-state index contributed by atoms with van der Waals surface area (Å²) in [5.41, 5.74) is 0. The molecule has 0 heterocycles. The molecular weight excluding hydrogens is 291 g/mol. The van der Waals surface area contributed by atoms with Crippen LogP contribution in [0.1, 0.15) is 25.7 Å². The molecule has 0 saturated heterocycles. The second kappa shape index (κ2) is 5.19. The molecule has 1 saturated carbocycles. The van der Waals surface area contributed by atoms with Gasteiger partial charge in [-0.05, 0) is 47.0 Å². The van der Waals surface area contributed by atoms with Crippen molar-refractivity contribution in [3.05, 3.63) is 27.7 Å². The van der Waals surface area contributed by atoms with E-state index in [0.29, 0.717) is 23.6 Å². The zero-order valence-corrected chi connectivity index (χ0v) is 11.1. The van der Waals surface area contributed by atoms with Gasteiger partial charge in [-0.3, -0.25) is 4.79 Å². The van der Waals surface area contributed by atoms with Crippen LogP contribution < -0.4 is 4.74 Å². The summed E-state index contributed by atoms with van der Waals surface area (Å²) in [6.07, 6.45) is 3.10. The number of rotatable bonds is 2. The van der Waals surface area contributed by atoms with Crippen molar-refractivity contribution in [1.82, 2.24) is 0 Å². The zero-order valence-electron chi connectivity index (χ0n) is 8.71. The molecule has 1 aromatic carbocycles. The van der Waals surface area contributed by atoms with E-state index in [4.69, 9.17) is 16.3 Å². The molecule has 0 aromatic heterocycles. The van der Waals surface area contributed by atoms with Gasteiger partial charge < -0.3 is 4.74 Å². The summed E-state index contributed by atoms with van der Waals surface area (Å²) in [4.78, 5) is 11.3. The molecule has 0 aliphatic heterocycles. The van der Waals surface area contributed by atoms with Crippen LogP contribution in [0.3, 0.4) is 0 Å². The monoisotopic (exact) mass is 302 g/mol. The van der Waals surface area contributed by atoms with Crippen LogP contribution in [0.2, 0.25) is 5.02 Å². The van der Waals surface area contributed by atoms with Crippen molar-refractivity contribution in [2.45, 2.75) is 31.8 Å². The Kier molecular flexibility index (Phi) is 3.87. The number of halogens is 2. The Balaban J connectivity index is 2.05. The first kappa shape index (κ1) is 11.9. The number of ether oxygens (including phenoxy) is 1. The van der Waals surface area contributed by atoms with Crippen molar-refractivity contribution in [3.63, 3.8) is 0 Å². The lowest BCUT2D eigenvalue weighted by atomic mass is 9.96. The van der Waals surface area contributed by atoms with E-state index in [9.17, 15) is 4.79 Å². The fourth-order valence-electron chi connectivity index (χ4n) is 1.84. The fourth-order valence-corrected chi connectivity index (χ4v) is 2.61. The molecule has 1 aliphatic rings. The van der Waals surface area contributed by atoms with Crippen LogP contribution in [0, 0.1) is 0 Å². The van der Waals surface area contributed by atoms with Crippen molar-refractivity contribution >= 4 is 33.3 Å². The minimum atomic E-state index is 0.0127. The van der Waals surface area contributed by atoms with E-state index >= 15 is 0 Å². The first-order valence-electron chi connectivity index (χ1n) is 5.28. The quantitative estimate of drug-likeness (QED) is 0.825. The highest BCUT2D eigenvalue weighted by Gasteiger charge is 2.21. The van der Waals surface area contributed by atoms with Gasteiger partial charge in [0.2, 0.25) is 0 Å². The Morgan fingerprint density at radius 3 is 2.94 bits per heavy atom. The van der Waals surface area contributed by atoms with Gasteiger partial charge in [0.15, 0.2) is 0 Å². The van der Waals surface area contributed by atoms with E-state index in [-0.39, 0.29) is 6.10 Å². The van der Waals surface area contributed by atoms with Crippen molar-refractivity contribution in [2.75, 3.05) is 0 Å². The molecule has 16 heavy (non-hydrogen) atoms. The third kappa shape index (κ3) is 2.98. The molecule has 1 atom stereocenters. The predicted molar refractivity (Wildman–Crippen MR) is 67.0 cm³/mol. The molecule has 86 valence electrons. The van der Waals surface area contributed by atoms with Gasteiger partial charge in [0.05, 0.1) is 4.47 Å². The van der Waals surface area contributed by atoms with Gasteiger partial charge in [-0.25, -0.2) is 0 Å². The summed E-state index contributed by atoms with van der Waals surface area (Å²) in [5, 5.41) is 0.666. The second-order valence-electron chi connectivity index (χ2n) is 3.95. The Morgan fingerprint density at radius 1 is 1.44 bits per heavy atom. The van der Waals surface area contributed by atoms with Gasteiger partial charge in [-0.2, -0.15) is 0 Å². The molecule has 2 nitrogen and oxygen atoms in total. The molecule has 1 aromatic rings. The Bertz CT molecular complexity index is 406. The molecule has 1 unspecified atom stereocenters. The Morgan fingerprint density at radius 2 is 2.25 bits per heavy atom. The maximum atomic E-state index is 11.3. The Hall–Kier alpha value is -0.540. The number of hydrogen-bond donors (Lipinski definition) is 0. The second-order valence-corrected chi connectivity index (χ2v) is 5.24. The standard InChI is InChI=1S/C12H12BrClO2/c13-11-6-8(14)4-5-12(11)16-10-3-1-2-9(15)7-10/h4-6,10H,1-3,7H2. The maximum Gasteiger partial charge on any atom is 0.136 e. The lowest BCUT2D eigenvalue weighted by molar-refractivity contribution is -0.122. The van der Waals surface area contributed by atoms with Crippen LogP contribution in [0.4, 0.5) is 0 Å². The summed E-state index contributed by atoms with van der Waals surface area (Å²) in [7, 11) is 0. The van der Waals surface area contributed by atoms with Crippen molar-refractivity contribution in [2.24, 2.45) is 0 Å². The molecule has 4 heteroatoms. The van der Waals surface area contributed by atoms with Gasteiger partial charge in [-0.1, -0.05) is 11.6 Å². The molecule has 0 N–H and O–H groups in total.